The van der Waals surface area contributed by atoms with Gasteiger partial charge in [-0.05, 0) is 43.5 Å². The molecule has 1 aromatic heterocycles. The van der Waals surface area contributed by atoms with Crippen LogP contribution in [0.25, 0.3) is 0 Å². The van der Waals surface area contributed by atoms with Crippen molar-refractivity contribution in [3.63, 3.8) is 0 Å². The average molecular weight is 347 g/mol. The second kappa shape index (κ2) is 7.49. The summed E-state index contributed by atoms with van der Waals surface area (Å²) in [7, 11) is 1.36. The number of benzene rings is 1. The minimum Gasteiger partial charge on any atom is -0.465 e. The van der Waals surface area contributed by atoms with E-state index in [-0.39, 0.29) is 6.17 Å². The number of carbonyl (C=O) groups excluding carboxylic acids is 1. The summed E-state index contributed by atoms with van der Waals surface area (Å²) in [6.07, 6.45) is 6.65. The number of aromatic nitrogens is 2. The molecule has 0 spiro atoms. The van der Waals surface area contributed by atoms with E-state index in [1.165, 1.54) is 7.11 Å². The number of piperidine rings is 1. The molecule has 1 unspecified atom stereocenters. The maximum Gasteiger partial charge on any atom is 0.337 e. The lowest BCUT2D eigenvalue weighted by atomic mass is 10.1. The van der Waals surface area contributed by atoms with E-state index < -0.39 is 5.97 Å². The van der Waals surface area contributed by atoms with Crippen molar-refractivity contribution >= 4 is 29.2 Å². The SMILES string of the molecule is COC(=O)c1ccc(N2CCCCC2Nc2ncccn2)c(Cl)c1. The first-order chi connectivity index (χ1) is 11.7. The van der Waals surface area contributed by atoms with E-state index in [9.17, 15) is 4.79 Å². The van der Waals surface area contributed by atoms with Crippen molar-refractivity contribution in [1.82, 2.24) is 9.97 Å². The summed E-state index contributed by atoms with van der Waals surface area (Å²) in [5.41, 5.74) is 1.33. The van der Waals surface area contributed by atoms with Gasteiger partial charge in [-0.2, -0.15) is 0 Å². The quantitative estimate of drug-likeness (QED) is 0.856. The first-order valence-corrected chi connectivity index (χ1v) is 8.25. The lowest BCUT2D eigenvalue weighted by Crippen LogP contribution is -2.45. The topological polar surface area (TPSA) is 67.3 Å². The molecule has 1 aromatic carbocycles. The van der Waals surface area contributed by atoms with Crippen molar-refractivity contribution in [1.29, 1.82) is 0 Å². The molecule has 1 fully saturated rings. The summed E-state index contributed by atoms with van der Waals surface area (Å²) in [5.74, 6) is 0.200. The third kappa shape index (κ3) is 3.59. The molecular weight excluding hydrogens is 328 g/mol. The van der Waals surface area contributed by atoms with Gasteiger partial charge in [0.05, 0.1) is 23.4 Å². The van der Waals surface area contributed by atoms with Gasteiger partial charge in [0, 0.05) is 18.9 Å². The highest BCUT2D eigenvalue weighted by atomic mass is 35.5. The lowest BCUT2D eigenvalue weighted by molar-refractivity contribution is 0.0601. The van der Waals surface area contributed by atoms with E-state index in [0.717, 1.165) is 31.5 Å². The molecule has 1 N–H and O–H groups in total. The first kappa shape index (κ1) is 16.5. The molecule has 0 aliphatic carbocycles. The zero-order chi connectivity index (χ0) is 16.9. The minimum atomic E-state index is -0.394. The van der Waals surface area contributed by atoms with E-state index in [1.807, 2.05) is 6.07 Å². The second-order valence-electron chi connectivity index (χ2n) is 5.58. The Morgan fingerprint density at radius 3 is 2.83 bits per heavy atom. The fraction of sp³-hybridized carbons (Fsp3) is 0.353. The number of esters is 1. The molecule has 1 aliphatic rings. The molecule has 126 valence electrons. The Morgan fingerprint density at radius 2 is 2.12 bits per heavy atom. The molecule has 2 heterocycles. The van der Waals surface area contributed by atoms with Crippen LogP contribution in [0.3, 0.4) is 0 Å². The van der Waals surface area contributed by atoms with Crippen LogP contribution < -0.4 is 10.2 Å². The molecule has 0 saturated carbocycles. The van der Waals surface area contributed by atoms with Crippen molar-refractivity contribution < 1.29 is 9.53 Å². The summed E-state index contributed by atoms with van der Waals surface area (Å²) >= 11 is 6.42. The summed E-state index contributed by atoms with van der Waals surface area (Å²) in [4.78, 5) is 22.3. The van der Waals surface area contributed by atoms with E-state index in [4.69, 9.17) is 16.3 Å². The van der Waals surface area contributed by atoms with Crippen LogP contribution in [0, 0.1) is 0 Å². The highest BCUT2D eigenvalue weighted by molar-refractivity contribution is 6.33. The molecule has 7 heteroatoms. The lowest BCUT2D eigenvalue weighted by Gasteiger charge is -2.38. The van der Waals surface area contributed by atoms with E-state index in [0.29, 0.717) is 16.5 Å². The zero-order valence-corrected chi connectivity index (χ0v) is 14.2. The highest BCUT2D eigenvalue weighted by Crippen LogP contribution is 2.32. The Labute approximate surface area is 145 Å². The van der Waals surface area contributed by atoms with Gasteiger partial charge in [0.25, 0.3) is 0 Å². The van der Waals surface area contributed by atoms with Gasteiger partial charge in [-0.25, -0.2) is 14.8 Å². The van der Waals surface area contributed by atoms with Gasteiger partial charge in [0.15, 0.2) is 0 Å². The van der Waals surface area contributed by atoms with Crippen molar-refractivity contribution in [3.8, 4) is 0 Å². The predicted molar refractivity (Wildman–Crippen MR) is 93.4 cm³/mol. The van der Waals surface area contributed by atoms with Gasteiger partial charge in [-0.15, -0.1) is 0 Å². The molecule has 0 radical (unpaired) electrons. The molecule has 1 atom stereocenters. The summed E-state index contributed by atoms with van der Waals surface area (Å²) in [6.45, 7) is 0.877. The third-order valence-electron chi connectivity index (χ3n) is 4.04. The first-order valence-electron chi connectivity index (χ1n) is 7.87. The van der Waals surface area contributed by atoms with Crippen LogP contribution in [0.1, 0.15) is 29.6 Å². The van der Waals surface area contributed by atoms with E-state index >= 15 is 0 Å². The van der Waals surface area contributed by atoms with Crippen LogP contribution in [0.4, 0.5) is 11.6 Å². The standard InChI is InChI=1S/C17H19ClN4O2/c1-24-16(23)12-6-7-14(13(18)11-12)22-10-3-2-5-15(22)21-17-19-8-4-9-20-17/h4,6-9,11,15H,2-3,5,10H2,1H3,(H,19,20,21). The maximum absolute atomic E-state index is 11.6. The number of rotatable bonds is 4. The highest BCUT2D eigenvalue weighted by Gasteiger charge is 2.25. The number of anilines is 2. The van der Waals surface area contributed by atoms with Gasteiger partial charge in [0.2, 0.25) is 5.95 Å². The number of nitrogens with zero attached hydrogens (tertiary/aromatic N) is 3. The largest absolute Gasteiger partial charge is 0.465 e. The Morgan fingerprint density at radius 1 is 1.33 bits per heavy atom. The predicted octanol–water partition coefficient (Wildman–Crippen LogP) is 3.35. The Hall–Kier alpha value is -2.34. The van der Waals surface area contributed by atoms with E-state index in [1.54, 1.807) is 30.6 Å². The second-order valence-corrected chi connectivity index (χ2v) is 5.99. The molecule has 2 aromatic rings. The number of hydrogen-bond donors (Lipinski definition) is 1. The number of methoxy groups -OCH3 is 1. The summed E-state index contributed by atoms with van der Waals surface area (Å²) in [6, 6.07) is 7.03. The van der Waals surface area contributed by atoms with Crippen LogP contribution in [-0.2, 0) is 4.74 Å². The molecule has 1 saturated heterocycles. The molecule has 0 bridgehead atoms. The van der Waals surface area contributed by atoms with Crippen molar-refractivity contribution in [2.75, 3.05) is 23.9 Å². The molecule has 1 aliphatic heterocycles. The molecule has 0 amide bonds. The Balaban J connectivity index is 1.84. The van der Waals surface area contributed by atoms with Crippen molar-refractivity contribution in [2.24, 2.45) is 0 Å². The Bertz CT molecular complexity index is 711. The number of carbonyl (C=O) groups is 1. The van der Waals surface area contributed by atoms with Crippen molar-refractivity contribution in [3.05, 3.63) is 47.2 Å². The minimum absolute atomic E-state index is 0.0580. The molecule has 24 heavy (non-hydrogen) atoms. The third-order valence-corrected chi connectivity index (χ3v) is 4.35. The number of hydrogen-bond acceptors (Lipinski definition) is 6. The van der Waals surface area contributed by atoms with Gasteiger partial charge < -0.3 is 15.0 Å². The fourth-order valence-corrected chi connectivity index (χ4v) is 3.17. The fourth-order valence-electron chi connectivity index (χ4n) is 2.88. The van der Waals surface area contributed by atoms with Gasteiger partial charge in [0.1, 0.15) is 6.17 Å². The summed E-state index contributed by atoms with van der Waals surface area (Å²) < 4.78 is 4.74. The van der Waals surface area contributed by atoms with Crippen LogP contribution in [0.2, 0.25) is 5.02 Å². The number of nitrogens with one attached hydrogen (secondary N) is 1. The molecule has 3 rings (SSSR count). The zero-order valence-electron chi connectivity index (χ0n) is 13.4. The summed E-state index contributed by atoms with van der Waals surface area (Å²) in [5, 5.41) is 3.89. The van der Waals surface area contributed by atoms with Gasteiger partial charge in [-0.1, -0.05) is 11.6 Å². The van der Waals surface area contributed by atoms with Gasteiger partial charge in [-0.3, -0.25) is 0 Å². The Kier molecular flexibility index (Phi) is 5.15. The smallest absolute Gasteiger partial charge is 0.337 e. The average Bonchev–Trinajstić information content (AvgIpc) is 2.62. The maximum atomic E-state index is 11.6. The number of halogens is 1. The molecular formula is C17H19ClN4O2. The molecule has 6 nitrogen and oxygen atoms in total. The van der Waals surface area contributed by atoms with Crippen LogP contribution in [0.5, 0.6) is 0 Å². The van der Waals surface area contributed by atoms with Crippen LogP contribution in [-0.4, -0.2) is 35.8 Å². The normalized spacial score (nSPS) is 17.4. The van der Waals surface area contributed by atoms with Crippen molar-refractivity contribution in [2.45, 2.75) is 25.4 Å². The van der Waals surface area contributed by atoms with Crippen LogP contribution >= 0.6 is 11.6 Å². The monoisotopic (exact) mass is 346 g/mol. The number of ether oxygens (including phenoxy) is 1. The van der Waals surface area contributed by atoms with Crippen LogP contribution in [0.15, 0.2) is 36.7 Å². The van der Waals surface area contributed by atoms with Gasteiger partial charge >= 0.3 is 5.97 Å². The van der Waals surface area contributed by atoms with E-state index in [2.05, 4.69) is 20.2 Å².